The average molecular weight is 505 g/mol. The third-order valence-corrected chi connectivity index (χ3v) is 4.81. The third-order valence-electron chi connectivity index (χ3n) is 4.81. The Bertz CT molecular complexity index is 992. The average Bonchev–Trinajstić information content (AvgIpc) is 2.83. The fourth-order valence-electron chi connectivity index (χ4n) is 2.99. The number of carbonyl (C=O) groups is 3. The highest BCUT2D eigenvalue weighted by Crippen LogP contribution is 2.29. The molecule has 198 valence electrons. The number of aryl methyl sites for hydroxylation is 1. The summed E-state index contributed by atoms with van der Waals surface area (Å²) in [6, 6.07) is 9.38. The topological polar surface area (TPSA) is 136 Å². The van der Waals surface area contributed by atoms with Gasteiger partial charge in [0.25, 0.3) is 5.91 Å². The minimum Gasteiger partial charge on any atom is -0.493 e. The molecule has 36 heavy (non-hydrogen) atoms. The number of esters is 2. The van der Waals surface area contributed by atoms with E-state index in [1.807, 2.05) is 52.0 Å². The maximum atomic E-state index is 11.5. The maximum Gasteiger partial charge on any atom is 0.305 e. The molecule has 0 radical (unpaired) electrons. The van der Waals surface area contributed by atoms with E-state index in [0.717, 1.165) is 5.75 Å². The second-order valence-electron chi connectivity index (χ2n) is 8.14. The molecule has 10 heteroatoms. The van der Waals surface area contributed by atoms with Crippen LogP contribution in [0.5, 0.6) is 17.2 Å². The Morgan fingerprint density at radius 2 is 1.69 bits per heavy atom. The minimum absolute atomic E-state index is 0.0451. The number of pyridine rings is 1. The summed E-state index contributed by atoms with van der Waals surface area (Å²) in [6.07, 6.45) is 1.35. The van der Waals surface area contributed by atoms with E-state index in [-0.39, 0.29) is 48.1 Å². The molecule has 0 spiro atoms. The van der Waals surface area contributed by atoms with Gasteiger partial charge in [0.2, 0.25) is 6.79 Å². The van der Waals surface area contributed by atoms with Crippen molar-refractivity contribution in [3.63, 3.8) is 0 Å². The van der Waals surface area contributed by atoms with Crippen molar-refractivity contribution in [2.24, 2.45) is 11.7 Å². The lowest BCUT2D eigenvalue weighted by atomic mass is 10.0. The molecular weight excluding hydrogens is 468 g/mol. The van der Waals surface area contributed by atoms with E-state index in [2.05, 4.69) is 9.72 Å². The largest absolute Gasteiger partial charge is 0.493 e. The summed E-state index contributed by atoms with van der Waals surface area (Å²) >= 11 is 0. The smallest absolute Gasteiger partial charge is 0.305 e. The molecule has 0 saturated heterocycles. The number of methoxy groups -OCH3 is 1. The zero-order valence-electron chi connectivity index (χ0n) is 21.9. The molecule has 0 fully saturated rings. The van der Waals surface area contributed by atoms with Gasteiger partial charge in [-0.1, -0.05) is 38.5 Å². The van der Waals surface area contributed by atoms with Crippen LogP contribution in [0.4, 0.5) is 0 Å². The van der Waals surface area contributed by atoms with Gasteiger partial charge in [-0.25, -0.2) is 4.98 Å². The lowest BCUT2D eigenvalue weighted by Gasteiger charge is -2.27. The van der Waals surface area contributed by atoms with Gasteiger partial charge in [-0.3, -0.25) is 14.4 Å². The summed E-state index contributed by atoms with van der Waals surface area (Å²) in [5.41, 5.74) is 6.23. The molecule has 0 aliphatic carbocycles. The van der Waals surface area contributed by atoms with Gasteiger partial charge in [0, 0.05) is 25.6 Å². The highest BCUT2D eigenvalue weighted by Gasteiger charge is 2.26. The number of nitrogens with zero attached hydrogens (tertiary/aromatic N) is 1. The predicted octanol–water partition coefficient (Wildman–Crippen LogP) is 3.83. The van der Waals surface area contributed by atoms with Crippen LogP contribution in [0.2, 0.25) is 0 Å². The number of ether oxygens (including phenoxy) is 5. The van der Waals surface area contributed by atoms with Crippen molar-refractivity contribution < 1.29 is 38.1 Å². The first-order valence-corrected chi connectivity index (χ1v) is 11.5. The molecule has 1 heterocycles. The molecule has 0 bridgehead atoms. The van der Waals surface area contributed by atoms with Gasteiger partial charge in [-0.2, -0.15) is 0 Å². The van der Waals surface area contributed by atoms with Gasteiger partial charge >= 0.3 is 11.9 Å². The van der Waals surface area contributed by atoms with Crippen LogP contribution in [0.3, 0.4) is 0 Å². The molecule has 0 saturated carbocycles. The van der Waals surface area contributed by atoms with Crippen molar-refractivity contribution in [2.75, 3.05) is 13.9 Å². The molecule has 2 rings (SSSR count). The van der Waals surface area contributed by atoms with Crippen LogP contribution in [0.1, 0.15) is 57.1 Å². The van der Waals surface area contributed by atoms with Gasteiger partial charge in [0.1, 0.15) is 18.0 Å². The number of rotatable bonds is 11. The van der Waals surface area contributed by atoms with Crippen molar-refractivity contribution in [2.45, 2.75) is 60.2 Å². The Morgan fingerprint density at radius 3 is 2.19 bits per heavy atom. The molecule has 1 amide bonds. The highest BCUT2D eigenvalue weighted by molar-refractivity contribution is 5.94. The van der Waals surface area contributed by atoms with E-state index in [1.54, 1.807) is 6.92 Å². The number of benzene rings is 1. The number of amides is 1. The summed E-state index contributed by atoms with van der Waals surface area (Å²) in [7, 11) is 1.40. The zero-order chi connectivity index (χ0) is 27.3. The lowest BCUT2D eigenvalue weighted by molar-refractivity contribution is -0.156. The van der Waals surface area contributed by atoms with Crippen molar-refractivity contribution in [1.29, 1.82) is 0 Å². The minimum atomic E-state index is -0.762. The quantitative estimate of drug-likeness (QED) is 0.357. The Labute approximate surface area is 212 Å². The molecule has 2 N–H and O–H groups in total. The predicted molar refractivity (Wildman–Crippen MR) is 133 cm³/mol. The Morgan fingerprint density at radius 1 is 1.06 bits per heavy atom. The van der Waals surface area contributed by atoms with Crippen LogP contribution in [0.15, 0.2) is 36.5 Å². The van der Waals surface area contributed by atoms with Crippen LogP contribution >= 0.6 is 0 Å². The number of aromatic nitrogens is 1. The maximum absolute atomic E-state index is 11.5. The van der Waals surface area contributed by atoms with Crippen LogP contribution in [-0.2, 0) is 19.1 Å². The SMILES string of the molecule is CCC(=O)OC(C(C)C)C(C)Oc1ccc(C)cc1.COc1ccnc(C(N)=O)c1OCOC(C)=O. The third kappa shape index (κ3) is 10.2. The zero-order valence-corrected chi connectivity index (χ0v) is 21.9. The molecule has 2 aromatic rings. The molecule has 1 aromatic carbocycles. The van der Waals surface area contributed by atoms with Crippen LogP contribution in [0.25, 0.3) is 0 Å². The Kier molecular flexibility index (Phi) is 12.8. The van der Waals surface area contributed by atoms with Gasteiger partial charge in [-0.15, -0.1) is 0 Å². The summed E-state index contributed by atoms with van der Waals surface area (Å²) in [5, 5.41) is 0. The summed E-state index contributed by atoms with van der Waals surface area (Å²) < 4.78 is 26.0. The number of hydrogen-bond acceptors (Lipinski definition) is 9. The normalized spacial score (nSPS) is 11.9. The second kappa shape index (κ2) is 15.2. The van der Waals surface area contributed by atoms with Gasteiger partial charge in [0.05, 0.1) is 7.11 Å². The van der Waals surface area contributed by atoms with Crippen LogP contribution in [0, 0.1) is 12.8 Å². The van der Waals surface area contributed by atoms with Crippen molar-refractivity contribution in [1.82, 2.24) is 4.98 Å². The number of hydrogen-bond donors (Lipinski definition) is 1. The molecule has 1 aromatic heterocycles. The van der Waals surface area contributed by atoms with Crippen molar-refractivity contribution in [3.8, 4) is 17.2 Å². The van der Waals surface area contributed by atoms with E-state index in [0.29, 0.717) is 6.42 Å². The highest BCUT2D eigenvalue weighted by atomic mass is 16.7. The first-order valence-electron chi connectivity index (χ1n) is 11.5. The van der Waals surface area contributed by atoms with Crippen LogP contribution in [-0.4, -0.2) is 48.9 Å². The molecule has 2 unspecified atom stereocenters. The van der Waals surface area contributed by atoms with Gasteiger partial charge in [-0.05, 0) is 31.9 Å². The Hall–Kier alpha value is -3.82. The molecule has 10 nitrogen and oxygen atoms in total. The van der Waals surface area contributed by atoms with Gasteiger partial charge in [0.15, 0.2) is 17.2 Å². The number of nitrogens with two attached hydrogens (primary N) is 1. The fraction of sp³-hybridized carbons (Fsp3) is 0.462. The van der Waals surface area contributed by atoms with E-state index in [4.69, 9.17) is 24.7 Å². The monoisotopic (exact) mass is 504 g/mol. The molecular formula is C26H36N2O8. The first-order chi connectivity index (χ1) is 17.0. The molecule has 0 aliphatic heterocycles. The van der Waals surface area contributed by atoms with E-state index in [9.17, 15) is 14.4 Å². The van der Waals surface area contributed by atoms with E-state index in [1.165, 1.54) is 31.9 Å². The summed E-state index contributed by atoms with van der Waals surface area (Å²) in [4.78, 5) is 36.9. The lowest BCUT2D eigenvalue weighted by Crippen LogP contribution is -2.37. The Balaban J connectivity index is 0.000000362. The number of primary amides is 1. The van der Waals surface area contributed by atoms with Crippen molar-refractivity contribution in [3.05, 3.63) is 47.8 Å². The second-order valence-corrected chi connectivity index (χ2v) is 8.14. The summed E-state index contributed by atoms with van der Waals surface area (Å²) in [5.74, 6) is -0.106. The van der Waals surface area contributed by atoms with E-state index < -0.39 is 11.9 Å². The van der Waals surface area contributed by atoms with Gasteiger partial charge < -0.3 is 29.4 Å². The standard InChI is InChI=1S/C16H24O3.C10H12N2O5/c1-6-15(17)19-16(11(2)3)13(5)18-14-9-7-12(4)8-10-14;1-6(13)16-5-17-9-7(15-2)3-4-12-8(9)10(11)14/h7-11,13,16H,6H2,1-5H3;3-4H,5H2,1-2H3,(H2,11,14). The first kappa shape index (κ1) is 30.2. The fourth-order valence-corrected chi connectivity index (χ4v) is 2.99. The molecule has 2 atom stereocenters. The molecule has 0 aliphatic rings. The van der Waals surface area contributed by atoms with Crippen molar-refractivity contribution >= 4 is 17.8 Å². The van der Waals surface area contributed by atoms with E-state index >= 15 is 0 Å². The summed E-state index contributed by atoms with van der Waals surface area (Å²) in [6.45, 7) is 10.7. The van der Waals surface area contributed by atoms with Crippen LogP contribution < -0.4 is 19.9 Å². The number of carbonyl (C=O) groups excluding carboxylic acids is 3.